The second kappa shape index (κ2) is 22.2. The molecular formula is C58H95NO12S2. The summed E-state index contributed by atoms with van der Waals surface area (Å²) >= 11 is 0. The quantitative estimate of drug-likeness (QED) is 0.0534. The fourth-order valence-electron chi connectivity index (χ4n) is 20.1. The number of carbonyl (C=O) groups is 4. The molecule has 1 amide bonds. The van der Waals surface area contributed by atoms with Gasteiger partial charge in [0.1, 0.15) is 17.3 Å². The van der Waals surface area contributed by atoms with Crippen molar-refractivity contribution in [1.82, 2.24) is 5.32 Å². The fourth-order valence-corrected chi connectivity index (χ4v) is 21.0. The van der Waals surface area contributed by atoms with Gasteiger partial charge in [0, 0.05) is 38.6 Å². The van der Waals surface area contributed by atoms with Crippen molar-refractivity contribution in [2.24, 2.45) is 105 Å². The van der Waals surface area contributed by atoms with Gasteiger partial charge >= 0.3 is 0 Å². The lowest BCUT2D eigenvalue weighted by Gasteiger charge is -2.62. The molecule has 13 nitrogen and oxygen atoms in total. The molecule has 0 aromatic heterocycles. The summed E-state index contributed by atoms with van der Waals surface area (Å²) < 4.78 is 62.4. The zero-order chi connectivity index (χ0) is 53.1. The van der Waals surface area contributed by atoms with E-state index in [0.717, 1.165) is 109 Å². The molecule has 73 heavy (non-hydrogen) atoms. The Balaban J connectivity index is 0.780. The van der Waals surface area contributed by atoms with Crippen LogP contribution in [0.3, 0.4) is 0 Å². The van der Waals surface area contributed by atoms with E-state index in [2.05, 4.69) is 46.9 Å². The predicted octanol–water partition coefficient (Wildman–Crippen LogP) is 9.86. The number of rotatable bonds is 21. The summed E-state index contributed by atoms with van der Waals surface area (Å²) in [6.45, 7) is 14.2. The van der Waals surface area contributed by atoms with Gasteiger partial charge in [-0.2, -0.15) is 16.8 Å². The van der Waals surface area contributed by atoms with E-state index in [0.29, 0.717) is 91.3 Å². The van der Waals surface area contributed by atoms with Crippen LogP contribution in [0.4, 0.5) is 0 Å². The van der Waals surface area contributed by atoms with Gasteiger partial charge in [-0.25, -0.2) is 0 Å². The zero-order valence-corrected chi connectivity index (χ0v) is 47.0. The first kappa shape index (κ1) is 57.4. The third kappa shape index (κ3) is 12.1. The molecule has 0 saturated heterocycles. The van der Waals surface area contributed by atoms with Crippen LogP contribution >= 0.6 is 0 Å². The molecule has 0 spiro atoms. The summed E-state index contributed by atoms with van der Waals surface area (Å²) in [5.41, 5.74) is 0.439. The van der Waals surface area contributed by atoms with Crippen molar-refractivity contribution in [2.75, 3.05) is 18.1 Å². The highest BCUT2D eigenvalue weighted by atomic mass is 32.2. The van der Waals surface area contributed by atoms with Gasteiger partial charge < -0.3 is 15.5 Å². The lowest BCUT2D eigenvalue weighted by Crippen LogP contribution is -2.58. The SMILES string of the molecule is C[C@@H](CCC(=O)NCCS(=O)(=O)O)[C@H]1CC[C@@H]2[C@H]3[C@H](O)CC4CC(CC(=O)CC(=O)CC5CC[C@@]6(C)C(C5)C[C@H](O)[C@H]5[C@@H]7CC[C@H]([C@@H](C)CCC(=O)CCCS(=O)(=O)O)[C@@]7(C)CC[C@@H]56)CC[C@@]4(C)[C@@H]3CC[C@]21C. The number of carbonyl (C=O) groups excluding carboxylic acids is 4. The molecule has 8 saturated carbocycles. The van der Waals surface area contributed by atoms with Crippen molar-refractivity contribution >= 4 is 43.5 Å². The van der Waals surface area contributed by atoms with Crippen LogP contribution in [0.25, 0.3) is 0 Å². The third-order valence-electron chi connectivity index (χ3n) is 23.8. The Hall–Kier alpha value is -1.78. The number of hydrogen-bond acceptors (Lipinski definition) is 10. The van der Waals surface area contributed by atoms with Crippen LogP contribution in [0.2, 0.25) is 0 Å². The summed E-state index contributed by atoms with van der Waals surface area (Å²) in [6, 6.07) is 0. The lowest BCUT2D eigenvalue weighted by atomic mass is 9.43. The molecule has 8 rings (SSSR count). The first-order valence-corrected chi connectivity index (χ1v) is 32.4. The van der Waals surface area contributed by atoms with Crippen molar-refractivity contribution in [3.8, 4) is 0 Å². The van der Waals surface area contributed by atoms with Crippen LogP contribution in [0.1, 0.15) is 202 Å². The van der Waals surface area contributed by atoms with Crippen molar-refractivity contribution in [3.05, 3.63) is 0 Å². The maximum atomic E-state index is 13.7. The Bertz CT molecular complexity index is 2100. The molecule has 5 N–H and O–H groups in total. The average Bonchev–Trinajstić information content (AvgIpc) is 3.84. The Morgan fingerprint density at radius 1 is 0.534 bits per heavy atom. The van der Waals surface area contributed by atoms with E-state index < -0.39 is 26.0 Å². The lowest BCUT2D eigenvalue weighted by molar-refractivity contribution is -0.170. The molecule has 8 fully saturated rings. The minimum atomic E-state index is -4.12. The molecule has 8 aliphatic carbocycles. The van der Waals surface area contributed by atoms with Gasteiger partial charge in [0.25, 0.3) is 20.2 Å². The van der Waals surface area contributed by atoms with Crippen molar-refractivity contribution in [1.29, 1.82) is 0 Å². The van der Waals surface area contributed by atoms with E-state index in [9.17, 15) is 46.2 Å². The van der Waals surface area contributed by atoms with Crippen LogP contribution in [-0.4, -0.2) is 89.7 Å². The Morgan fingerprint density at radius 2 is 0.959 bits per heavy atom. The third-order valence-corrected chi connectivity index (χ3v) is 25.3. The van der Waals surface area contributed by atoms with Gasteiger partial charge in [0.2, 0.25) is 5.91 Å². The number of aliphatic hydroxyl groups excluding tert-OH is 2. The number of nitrogens with one attached hydrogen (secondary N) is 1. The highest BCUT2D eigenvalue weighted by Crippen LogP contribution is 2.71. The van der Waals surface area contributed by atoms with Crippen LogP contribution in [-0.2, 0) is 39.4 Å². The molecule has 0 aliphatic heterocycles. The summed E-state index contributed by atoms with van der Waals surface area (Å²) in [4.78, 5) is 52.6. The van der Waals surface area contributed by atoms with Crippen LogP contribution in [0, 0.1) is 105 Å². The molecule has 0 radical (unpaired) electrons. The van der Waals surface area contributed by atoms with Crippen LogP contribution in [0.15, 0.2) is 0 Å². The highest BCUT2D eigenvalue weighted by molar-refractivity contribution is 7.86. The molecule has 416 valence electrons. The van der Waals surface area contributed by atoms with Gasteiger partial charge in [-0.15, -0.1) is 0 Å². The fraction of sp³-hybridized carbons (Fsp3) is 0.931. The van der Waals surface area contributed by atoms with E-state index >= 15 is 0 Å². The normalized spacial score (nSPS) is 43.0. The van der Waals surface area contributed by atoms with Crippen LogP contribution < -0.4 is 5.32 Å². The number of fused-ring (bicyclic) bond motifs is 10. The molecule has 0 heterocycles. The number of aliphatic hydroxyl groups is 2. The standard InChI is InChI=1S/C58H95NO12S2/c1-35(9-11-41(60)8-7-26-72(66,67)68)44-12-14-46-53-48(19-23-57(44,46)5)55(3)21-17-37(28-39(55)32-50(53)63)30-42(61)34-43(62)31-38-18-22-56(4)40(29-38)33-51(64)54-47-15-13-45(58(47,6)24-20-49(54)56)36(2)10-16-52(65)59-25-27-73(69,70)71/h35-40,44-51,53-54,63-64H,7-34H2,1-6H3,(H,59,65)(H,66,67,68)(H,69,70,71)/t35-,36-,37?,38?,39?,40?,44+,45+,46-,47+,48-,49+,50-,51+,53-,54+,55-,56+,57+,58-/m0/s1. The van der Waals surface area contributed by atoms with E-state index in [1.165, 1.54) is 0 Å². The summed E-state index contributed by atoms with van der Waals surface area (Å²) in [7, 11) is -8.18. The van der Waals surface area contributed by atoms with Crippen molar-refractivity contribution in [3.63, 3.8) is 0 Å². The monoisotopic (exact) mass is 1060 g/mol. The van der Waals surface area contributed by atoms with Gasteiger partial charge in [-0.1, -0.05) is 41.5 Å². The Kier molecular flexibility index (Phi) is 17.4. The average molecular weight is 1060 g/mol. The summed E-state index contributed by atoms with van der Waals surface area (Å²) in [5.74, 6) is 4.18. The number of amides is 1. The second-order valence-corrected chi connectivity index (χ2v) is 30.7. The van der Waals surface area contributed by atoms with E-state index in [4.69, 9.17) is 9.11 Å². The van der Waals surface area contributed by atoms with E-state index in [-0.39, 0.29) is 112 Å². The van der Waals surface area contributed by atoms with Crippen molar-refractivity contribution < 1.29 is 55.3 Å². The second-order valence-electron chi connectivity index (χ2n) is 27.6. The topological polar surface area (TPSA) is 230 Å². The number of hydrogen-bond donors (Lipinski definition) is 5. The van der Waals surface area contributed by atoms with Gasteiger partial charge in [-0.05, 0) is 227 Å². The molecule has 0 bridgehead atoms. The van der Waals surface area contributed by atoms with Crippen LogP contribution in [0.5, 0.6) is 0 Å². The summed E-state index contributed by atoms with van der Waals surface area (Å²) in [5, 5.41) is 26.7. The predicted molar refractivity (Wildman–Crippen MR) is 281 cm³/mol. The molecule has 0 aromatic carbocycles. The van der Waals surface area contributed by atoms with Crippen molar-refractivity contribution in [2.45, 2.75) is 214 Å². The minimum Gasteiger partial charge on any atom is -0.393 e. The zero-order valence-electron chi connectivity index (χ0n) is 45.4. The maximum Gasteiger partial charge on any atom is 0.266 e. The van der Waals surface area contributed by atoms with E-state index in [1.54, 1.807) is 0 Å². The van der Waals surface area contributed by atoms with Gasteiger partial charge in [0.05, 0.1) is 30.1 Å². The minimum absolute atomic E-state index is 0.0120. The highest BCUT2D eigenvalue weighted by Gasteiger charge is 2.65. The smallest absolute Gasteiger partial charge is 0.266 e. The maximum absolute atomic E-state index is 13.7. The summed E-state index contributed by atoms with van der Waals surface area (Å²) in [6.07, 6.45) is 19.0. The Morgan fingerprint density at radius 3 is 1.41 bits per heavy atom. The largest absolute Gasteiger partial charge is 0.393 e. The molecule has 4 unspecified atom stereocenters. The van der Waals surface area contributed by atoms with Gasteiger partial charge in [-0.3, -0.25) is 28.3 Å². The molecule has 0 aromatic rings. The first-order valence-electron chi connectivity index (χ1n) is 29.2. The molecule has 20 atom stereocenters. The molecule has 15 heteroatoms. The van der Waals surface area contributed by atoms with E-state index in [1.807, 2.05) is 0 Å². The first-order chi connectivity index (χ1) is 34.1. The Labute approximate surface area is 439 Å². The van der Waals surface area contributed by atoms with Gasteiger partial charge in [0.15, 0.2) is 0 Å². The molecular weight excluding hydrogens is 967 g/mol. The molecule has 8 aliphatic rings. The number of ketones is 3. The number of Topliss-reactive ketones (excluding diaryl/α,β-unsaturated/α-hetero) is 3.